The van der Waals surface area contributed by atoms with Gasteiger partial charge in [0.05, 0.1) is 6.61 Å². The lowest BCUT2D eigenvalue weighted by Gasteiger charge is -2.05. The van der Waals surface area contributed by atoms with Crippen molar-refractivity contribution < 1.29 is 4.74 Å². The second kappa shape index (κ2) is 3.77. The summed E-state index contributed by atoms with van der Waals surface area (Å²) in [6, 6.07) is 5.80. The summed E-state index contributed by atoms with van der Waals surface area (Å²) in [6.45, 7) is 6.47. The Bertz CT molecular complexity index is 245. The van der Waals surface area contributed by atoms with Crippen molar-refractivity contribution >= 4 is 15.9 Å². The molecule has 0 bridgehead atoms. The van der Waals surface area contributed by atoms with E-state index in [2.05, 4.69) is 22.9 Å². The predicted molar refractivity (Wildman–Crippen MR) is 49.8 cm³/mol. The Hall–Kier alpha value is -0.500. The number of ether oxygens (including phenoxy) is 1. The van der Waals surface area contributed by atoms with Crippen LogP contribution in [0.3, 0.4) is 0 Å². The van der Waals surface area contributed by atoms with E-state index in [1.54, 1.807) is 0 Å². The van der Waals surface area contributed by atoms with Crippen LogP contribution >= 0.6 is 15.9 Å². The topological polar surface area (TPSA) is 9.23 Å². The van der Waals surface area contributed by atoms with Crippen molar-refractivity contribution in [1.82, 2.24) is 0 Å². The Morgan fingerprint density at radius 3 is 2.91 bits per heavy atom. The molecular weight excluding hydrogens is 204 g/mol. The Morgan fingerprint density at radius 2 is 2.27 bits per heavy atom. The molecule has 2 heteroatoms. The molecule has 11 heavy (non-hydrogen) atoms. The zero-order chi connectivity index (χ0) is 8.27. The van der Waals surface area contributed by atoms with Crippen LogP contribution in [-0.4, -0.2) is 6.61 Å². The monoisotopic (exact) mass is 213 g/mol. The molecule has 0 aliphatic carbocycles. The van der Waals surface area contributed by atoms with Crippen LogP contribution in [0.1, 0.15) is 12.5 Å². The smallest absolute Gasteiger partial charge is 0.123 e. The first-order chi connectivity index (χ1) is 5.24. The van der Waals surface area contributed by atoms with Crippen molar-refractivity contribution in [2.75, 3.05) is 6.61 Å². The van der Waals surface area contributed by atoms with Crippen LogP contribution in [0.5, 0.6) is 5.75 Å². The molecule has 1 nitrogen and oxygen atoms in total. The van der Waals surface area contributed by atoms with Crippen molar-refractivity contribution in [3.63, 3.8) is 0 Å². The third kappa shape index (κ3) is 2.22. The summed E-state index contributed by atoms with van der Waals surface area (Å²) >= 11 is 3.36. The summed E-state index contributed by atoms with van der Waals surface area (Å²) < 4.78 is 6.35. The average Bonchev–Trinajstić information content (AvgIpc) is 1.98. The van der Waals surface area contributed by atoms with E-state index in [9.17, 15) is 0 Å². The molecule has 0 aromatic heterocycles. The first-order valence-corrected chi connectivity index (χ1v) is 4.27. The minimum absolute atomic E-state index is 0.680. The van der Waals surface area contributed by atoms with Crippen LogP contribution in [0.25, 0.3) is 0 Å². The standard InChI is InChI=1S/C9H10BrO/c1-3-11-9-6-8(10)5-4-7(9)2/h4-6H,2-3H2,1H3. The zero-order valence-corrected chi connectivity index (χ0v) is 8.02. The lowest BCUT2D eigenvalue weighted by atomic mass is 10.2. The molecule has 0 aliphatic heterocycles. The largest absolute Gasteiger partial charge is 0.494 e. The fraction of sp³-hybridized carbons (Fsp3) is 0.222. The van der Waals surface area contributed by atoms with Gasteiger partial charge in [-0.25, -0.2) is 0 Å². The molecule has 0 saturated carbocycles. The molecule has 1 radical (unpaired) electrons. The minimum Gasteiger partial charge on any atom is -0.494 e. The van der Waals surface area contributed by atoms with Gasteiger partial charge < -0.3 is 4.74 Å². The summed E-state index contributed by atoms with van der Waals surface area (Å²) in [4.78, 5) is 0. The first kappa shape index (κ1) is 8.60. The van der Waals surface area contributed by atoms with Crippen molar-refractivity contribution in [3.8, 4) is 5.75 Å². The van der Waals surface area contributed by atoms with Crippen LogP contribution in [0.15, 0.2) is 22.7 Å². The second-order valence-electron chi connectivity index (χ2n) is 2.19. The van der Waals surface area contributed by atoms with Crippen LogP contribution < -0.4 is 4.74 Å². The number of benzene rings is 1. The quantitative estimate of drug-likeness (QED) is 0.735. The van der Waals surface area contributed by atoms with E-state index in [4.69, 9.17) is 4.74 Å². The van der Waals surface area contributed by atoms with Gasteiger partial charge in [-0.15, -0.1) is 0 Å². The molecule has 0 N–H and O–H groups in total. The Morgan fingerprint density at radius 1 is 1.55 bits per heavy atom. The lowest BCUT2D eigenvalue weighted by Crippen LogP contribution is -1.93. The average molecular weight is 214 g/mol. The summed E-state index contributed by atoms with van der Waals surface area (Å²) in [7, 11) is 0. The summed E-state index contributed by atoms with van der Waals surface area (Å²) in [5.74, 6) is 0.849. The summed E-state index contributed by atoms with van der Waals surface area (Å²) in [6.07, 6.45) is 0. The third-order valence-corrected chi connectivity index (χ3v) is 1.82. The van der Waals surface area contributed by atoms with Gasteiger partial charge in [-0.05, 0) is 31.5 Å². The van der Waals surface area contributed by atoms with Gasteiger partial charge in [-0.2, -0.15) is 0 Å². The van der Waals surface area contributed by atoms with Gasteiger partial charge >= 0.3 is 0 Å². The molecule has 1 rings (SSSR count). The van der Waals surface area contributed by atoms with Crippen LogP contribution in [-0.2, 0) is 0 Å². The van der Waals surface area contributed by atoms with E-state index in [1.807, 2.05) is 25.1 Å². The molecule has 59 valence electrons. The molecule has 1 aromatic rings. The normalized spacial score (nSPS) is 9.73. The Balaban J connectivity index is 2.93. The minimum atomic E-state index is 0.680. The molecule has 0 unspecified atom stereocenters. The Kier molecular flexibility index (Phi) is 2.94. The van der Waals surface area contributed by atoms with Crippen LogP contribution in [0.2, 0.25) is 0 Å². The van der Waals surface area contributed by atoms with Crippen LogP contribution in [0.4, 0.5) is 0 Å². The van der Waals surface area contributed by atoms with Crippen molar-refractivity contribution in [2.45, 2.75) is 6.92 Å². The highest BCUT2D eigenvalue weighted by molar-refractivity contribution is 9.10. The molecule has 0 spiro atoms. The van der Waals surface area contributed by atoms with E-state index in [0.29, 0.717) is 6.61 Å². The van der Waals surface area contributed by atoms with E-state index in [0.717, 1.165) is 15.8 Å². The van der Waals surface area contributed by atoms with Crippen molar-refractivity contribution in [1.29, 1.82) is 0 Å². The fourth-order valence-electron chi connectivity index (χ4n) is 0.818. The van der Waals surface area contributed by atoms with Crippen molar-refractivity contribution in [2.24, 2.45) is 0 Å². The summed E-state index contributed by atoms with van der Waals surface area (Å²) in [5, 5.41) is 0. The highest BCUT2D eigenvalue weighted by Crippen LogP contribution is 2.22. The summed E-state index contributed by atoms with van der Waals surface area (Å²) in [5.41, 5.74) is 0.926. The molecule has 0 fully saturated rings. The predicted octanol–water partition coefficient (Wildman–Crippen LogP) is 3.03. The van der Waals surface area contributed by atoms with Gasteiger partial charge in [0.1, 0.15) is 5.75 Å². The molecule has 0 aliphatic rings. The maximum Gasteiger partial charge on any atom is 0.123 e. The molecule has 0 amide bonds. The maximum atomic E-state index is 5.32. The van der Waals surface area contributed by atoms with E-state index >= 15 is 0 Å². The molecule has 0 atom stereocenters. The number of rotatable bonds is 2. The molecule has 0 heterocycles. The fourth-order valence-corrected chi connectivity index (χ4v) is 1.16. The van der Waals surface area contributed by atoms with Gasteiger partial charge in [0.15, 0.2) is 0 Å². The van der Waals surface area contributed by atoms with Gasteiger partial charge in [0.25, 0.3) is 0 Å². The number of halogens is 1. The SMILES string of the molecule is [CH2]c1ccc(Br)cc1OCC. The third-order valence-electron chi connectivity index (χ3n) is 1.33. The highest BCUT2D eigenvalue weighted by Gasteiger charge is 1.97. The van der Waals surface area contributed by atoms with Crippen molar-refractivity contribution in [3.05, 3.63) is 35.2 Å². The highest BCUT2D eigenvalue weighted by atomic mass is 79.9. The molecule has 0 saturated heterocycles. The Labute approximate surface area is 75.5 Å². The van der Waals surface area contributed by atoms with Gasteiger partial charge in [-0.1, -0.05) is 22.0 Å². The maximum absolute atomic E-state index is 5.32. The van der Waals surface area contributed by atoms with E-state index in [1.165, 1.54) is 0 Å². The van der Waals surface area contributed by atoms with Gasteiger partial charge in [-0.3, -0.25) is 0 Å². The second-order valence-corrected chi connectivity index (χ2v) is 3.10. The van der Waals surface area contributed by atoms with Crippen LogP contribution in [0, 0.1) is 6.92 Å². The van der Waals surface area contributed by atoms with Gasteiger partial charge in [0.2, 0.25) is 0 Å². The first-order valence-electron chi connectivity index (χ1n) is 3.48. The number of hydrogen-bond donors (Lipinski definition) is 0. The van der Waals surface area contributed by atoms with Gasteiger partial charge in [0, 0.05) is 4.47 Å². The molecular formula is C9H10BrO. The van der Waals surface area contributed by atoms with E-state index in [-0.39, 0.29) is 0 Å². The lowest BCUT2D eigenvalue weighted by molar-refractivity contribution is 0.338. The number of hydrogen-bond acceptors (Lipinski definition) is 1. The molecule has 1 aromatic carbocycles. The van der Waals surface area contributed by atoms with E-state index < -0.39 is 0 Å². The zero-order valence-electron chi connectivity index (χ0n) is 6.43.